The van der Waals surface area contributed by atoms with Crippen molar-refractivity contribution < 1.29 is 4.79 Å². The molecule has 134 valence electrons. The zero-order valence-electron chi connectivity index (χ0n) is 15.1. The molecule has 1 N–H and O–H groups in total. The van der Waals surface area contributed by atoms with E-state index in [2.05, 4.69) is 39.5 Å². The van der Waals surface area contributed by atoms with Gasteiger partial charge >= 0.3 is 0 Å². The lowest BCUT2D eigenvalue weighted by atomic mass is 9.68. The van der Waals surface area contributed by atoms with Crippen LogP contribution < -0.4 is 10.2 Å². The molecule has 2 saturated heterocycles. The van der Waals surface area contributed by atoms with Gasteiger partial charge in [-0.1, -0.05) is 18.6 Å². The monoisotopic (exact) mass is 340 g/mol. The zero-order valence-corrected chi connectivity index (χ0v) is 15.1. The largest absolute Gasteiger partial charge is 0.352 e. The molecule has 5 nitrogen and oxygen atoms in total. The molecule has 1 spiro atoms. The molecule has 0 radical (unpaired) electrons. The molecule has 1 saturated carbocycles. The third-order valence-electron chi connectivity index (χ3n) is 6.14. The maximum absolute atomic E-state index is 11.8. The van der Waals surface area contributed by atoms with E-state index in [1.54, 1.807) is 0 Å². The molecule has 1 aromatic rings. The fraction of sp³-hybridized carbons (Fsp3) is 0.600. The summed E-state index contributed by atoms with van der Waals surface area (Å²) in [5.74, 6) is 1.26. The number of guanidine groups is 1. The first-order valence-corrected chi connectivity index (χ1v) is 9.54. The SMILES string of the molecule is CN=C(NCc1ccc(N2CCCC2=O)cc1)N1CCC2(CCC2)C1. The van der Waals surface area contributed by atoms with Crippen molar-refractivity contribution in [1.82, 2.24) is 10.2 Å². The van der Waals surface area contributed by atoms with Gasteiger partial charge in [-0.25, -0.2) is 0 Å². The molecule has 2 aliphatic heterocycles. The number of nitrogens with zero attached hydrogens (tertiary/aromatic N) is 3. The second kappa shape index (κ2) is 6.70. The predicted molar refractivity (Wildman–Crippen MR) is 101 cm³/mol. The third kappa shape index (κ3) is 3.24. The van der Waals surface area contributed by atoms with Gasteiger partial charge < -0.3 is 15.1 Å². The predicted octanol–water partition coefficient (Wildman–Crippen LogP) is 2.76. The van der Waals surface area contributed by atoms with Crippen molar-refractivity contribution in [3.05, 3.63) is 29.8 Å². The van der Waals surface area contributed by atoms with Crippen LogP contribution in [0.2, 0.25) is 0 Å². The summed E-state index contributed by atoms with van der Waals surface area (Å²) < 4.78 is 0. The normalized spacial score (nSPS) is 22.6. The Balaban J connectivity index is 1.33. The maximum atomic E-state index is 11.8. The van der Waals surface area contributed by atoms with Gasteiger partial charge in [0.05, 0.1) is 0 Å². The van der Waals surface area contributed by atoms with Gasteiger partial charge in [0.25, 0.3) is 0 Å². The van der Waals surface area contributed by atoms with Gasteiger partial charge in [0, 0.05) is 45.3 Å². The van der Waals surface area contributed by atoms with Crippen LogP contribution in [0.5, 0.6) is 0 Å². The fourth-order valence-corrected chi connectivity index (χ4v) is 4.43. The number of likely N-dealkylation sites (tertiary alicyclic amines) is 1. The molecule has 1 amide bonds. The van der Waals surface area contributed by atoms with E-state index >= 15 is 0 Å². The minimum absolute atomic E-state index is 0.241. The summed E-state index contributed by atoms with van der Waals surface area (Å²) in [6, 6.07) is 8.33. The number of benzene rings is 1. The molecule has 1 aromatic carbocycles. The molecular weight excluding hydrogens is 312 g/mol. The van der Waals surface area contributed by atoms with Gasteiger partial charge in [0.2, 0.25) is 5.91 Å². The van der Waals surface area contributed by atoms with Crippen LogP contribution in [-0.2, 0) is 11.3 Å². The molecule has 3 fully saturated rings. The van der Waals surface area contributed by atoms with Crippen LogP contribution in [0.4, 0.5) is 5.69 Å². The number of anilines is 1. The molecule has 1 aliphatic carbocycles. The Morgan fingerprint density at radius 1 is 1.16 bits per heavy atom. The van der Waals surface area contributed by atoms with Gasteiger partial charge in [0.1, 0.15) is 0 Å². The van der Waals surface area contributed by atoms with Gasteiger partial charge in [-0.05, 0) is 48.8 Å². The molecule has 0 bridgehead atoms. The van der Waals surface area contributed by atoms with Crippen LogP contribution in [0.1, 0.15) is 44.1 Å². The summed E-state index contributed by atoms with van der Waals surface area (Å²) in [5.41, 5.74) is 2.82. The highest BCUT2D eigenvalue weighted by Gasteiger charge is 2.43. The lowest BCUT2D eigenvalue weighted by molar-refractivity contribution is -0.117. The number of rotatable bonds is 3. The molecule has 25 heavy (non-hydrogen) atoms. The van der Waals surface area contributed by atoms with Crippen molar-refractivity contribution in [1.29, 1.82) is 0 Å². The number of carbonyl (C=O) groups excluding carboxylic acids is 1. The second-order valence-electron chi connectivity index (χ2n) is 7.74. The zero-order chi connectivity index (χ0) is 17.3. The Morgan fingerprint density at radius 3 is 2.52 bits per heavy atom. The third-order valence-corrected chi connectivity index (χ3v) is 6.14. The van der Waals surface area contributed by atoms with Gasteiger partial charge in [-0.3, -0.25) is 9.79 Å². The highest BCUT2D eigenvalue weighted by molar-refractivity contribution is 5.95. The summed E-state index contributed by atoms with van der Waals surface area (Å²) in [4.78, 5) is 20.6. The maximum Gasteiger partial charge on any atom is 0.227 e. The van der Waals surface area contributed by atoms with E-state index in [9.17, 15) is 4.79 Å². The molecule has 0 aromatic heterocycles. The lowest BCUT2D eigenvalue weighted by Gasteiger charge is -2.38. The Hall–Kier alpha value is -2.04. The molecular formula is C20H28N4O. The van der Waals surface area contributed by atoms with Crippen LogP contribution in [0, 0.1) is 5.41 Å². The van der Waals surface area contributed by atoms with Gasteiger partial charge in [-0.15, -0.1) is 0 Å². The lowest BCUT2D eigenvalue weighted by Crippen LogP contribution is -2.42. The van der Waals surface area contributed by atoms with Crippen molar-refractivity contribution in [2.45, 2.75) is 45.1 Å². The summed E-state index contributed by atoms with van der Waals surface area (Å²) in [7, 11) is 1.87. The van der Waals surface area contributed by atoms with Gasteiger partial charge in [-0.2, -0.15) is 0 Å². The number of nitrogens with one attached hydrogen (secondary N) is 1. The number of amides is 1. The average Bonchev–Trinajstić information content (AvgIpc) is 3.23. The quantitative estimate of drug-likeness (QED) is 0.680. The van der Waals surface area contributed by atoms with Crippen LogP contribution in [0.25, 0.3) is 0 Å². The van der Waals surface area contributed by atoms with Crippen molar-refractivity contribution >= 4 is 17.6 Å². The van der Waals surface area contributed by atoms with E-state index in [0.29, 0.717) is 11.8 Å². The summed E-state index contributed by atoms with van der Waals surface area (Å²) in [6.07, 6.45) is 7.12. The molecule has 0 unspecified atom stereocenters. The Morgan fingerprint density at radius 2 is 1.96 bits per heavy atom. The first-order chi connectivity index (χ1) is 12.2. The van der Waals surface area contributed by atoms with E-state index in [1.165, 1.54) is 31.2 Å². The average molecular weight is 340 g/mol. The van der Waals surface area contributed by atoms with E-state index in [0.717, 1.165) is 44.2 Å². The fourth-order valence-electron chi connectivity index (χ4n) is 4.43. The molecule has 4 rings (SSSR count). The minimum Gasteiger partial charge on any atom is -0.352 e. The molecule has 5 heteroatoms. The van der Waals surface area contributed by atoms with E-state index in [-0.39, 0.29) is 5.91 Å². The van der Waals surface area contributed by atoms with Crippen LogP contribution in [0.3, 0.4) is 0 Å². The van der Waals surface area contributed by atoms with Crippen LogP contribution in [-0.4, -0.2) is 43.4 Å². The van der Waals surface area contributed by atoms with Crippen molar-refractivity contribution in [2.75, 3.05) is 31.6 Å². The Bertz CT molecular complexity index is 663. The minimum atomic E-state index is 0.241. The first kappa shape index (κ1) is 16.4. The van der Waals surface area contributed by atoms with Crippen molar-refractivity contribution in [3.63, 3.8) is 0 Å². The van der Waals surface area contributed by atoms with Crippen LogP contribution in [0.15, 0.2) is 29.3 Å². The van der Waals surface area contributed by atoms with Crippen LogP contribution >= 0.6 is 0 Å². The molecule has 0 atom stereocenters. The highest BCUT2D eigenvalue weighted by atomic mass is 16.2. The Labute approximate surface area is 150 Å². The number of aliphatic imine (C=N–C) groups is 1. The van der Waals surface area contributed by atoms with E-state index < -0.39 is 0 Å². The highest BCUT2D eigenvalue weighted by Crippen LogP contribution is 2.47. The first-order valence-electron chi connectivity index (χ1n) is 9.54. The summed E-state index contributed by atoms with van der Waals surface area (Å²) in [5, 5.41) is 3.51. The summed E-state index contributed by atoms with van der Waals surface area (Å²) >= 11 is 0. The molecule has 2 heterocycles. The van der Waals surface area contributed by atoms with Gasteiger partial charge in [0.15, 0.2) is 5.96 Å². The number of carbonyl (C=O) groups is 1. The van der Waals surface area contributed by atoms with E-state index in [1.807, 2.05) is 11.9 Å². The number of hydrogen-bond donors (Lipinski definition) is 1. The smallest absolute Gasteiger partial charge is 0.227 e. The Kier molecular flexibility index (Phi) is 4.40. The summed E-state index contributed by atoms with van der Waals surface area (Å²) in [6.45, 7) is 3.89. The molecule has 3 aliphatic rings. The second-order valence-corrected chi connectivity index (χ2v) is 7.74. The van der Waals surface area contributed by atoms with E-state index in [4.69, 9.17) is 0 Å². The van der Waals surface area contributed by atoms with Crippen molar-refractivity contribution in [2.24, 2.45) is 10.4 Å². The number of hydrogen-bond acceptors (Lipinski definition) is 2. The van der Waals surface area contributed by atoms with Crippen molar-refractivity contribution in [3.8, 4) is 0 Å². The standard InChI is InChI=1S/C20H28N4O/c1-21-19(23-13-11-20(15-23)9-3-10-20)22-14-16-5-7-17(8-6-16)24-12-2-4-18(24)25/h5-8H,2-4,9-15H2,1H3,(H,21,22). The topological polar surface area (TPSA) is 47.9 Å².